The molecule has 28 heavy (non-hydrogen) atoms. The lowest BCUT2D eigenvalue weighted by Gasteiger charge is -2.60. The lowest BCUT2D eigenvalue weighted by Crippen LogP contribution is -2.56. The number of carbonyl (C=O) groups is 1. The molecule has 4 aliphatic rings. The molecule has 8 atom stereocenters. The molecule has 4 rings (SSSR count). The maximum atomic E-state index is 13.4. The first kappa shape index (κ1) is 20.9. The molecule has 0 saturated heterocycles. The van der Waals surface area contributed by atoms with E-state index in [-0.39, 0.29) is 0 Å². The Kier molecular flexibility index (Phi) is 5.78. The maximum absolute atomic E-state index is 13.4. The van der Waals surface area contributed by atoms with Gasteiger partial charge in [-0.3, -0.25) is 4.79 Å². The average Bonchev–Trinajstić information content (AvgIpc) is 2.99. The van der Waals surface area contributed by atoms with Crippen LogP contribution >= 0.6 is 0 Å². The summed E-state index contributed by atoms with van der Waals surface area (Å²) in [5.74, 6) is 5.70. The van der Waals surface area contributed by atoms with Crippen molar-refractivity contribution in [2.24, 2.45) is 52.3 Å². The molecule has 4 saturated carbocycles. The quantitative estimate of drug-likeness (QED) is 0.473. The molecule has 1 unspecified atom stereocenters. The highest BCUT2D eigenvalue weighted by Gasteiger charge is 2.62. The van der Waals surface area contributed by atoms with Crippen molar-refractivity contribution in [2.75, 3.05) is 0 Å². The summed E-state index contributed by atoms with van der Waals surface area (Å²) in [5, 5.41) is 0. The maximum Gasteiger partial charge on any atom is 0.136 e. The first-order chi connectivity index (χ1) is 13.3. The number of hydrogen-bond acceptors (Lipinski definition) is 1. The van der Waals surface area contributed by atoms with Gasteiger partial charge in [0.05, 0.1) is 0 Å². The summed E-state index contributed by atoms with van der Waals surface area (Å²) in [6.07, 6.45) is 16.0. The Morgan fingerprint density at radius 1 is 0.893 bits per heavy atom. The number of fused-ring (bicyclic) bond motifs is 5. The van der Waals surface area contributed by atoms with Crippen LogP contribution in [0.2, 0.25) is 0 Å². The first-order valence-corrected chi connectivity index (χ1v) is 12.8. The van der Waals surface area contributed by atoms with Gasteiger partial charge in [0.25, 0.3) is 0 Å². The number of ketones is 1. The van der Waals surface area contributed by atoms with Crippen molar-refractivity contribution >= 4 is 5.78 Å². The van der Waals surface area contributed by atoms with Gasteiger partial charge in [-0.05, 0) is 84.9 Å². The van der Waals surface area contributed by atoms with Crippen molar-refractivity contribution in [1.29, 1.82) is 0 Å². The first-order valence-electron chi connectivity index (χ1n) is 12.8. The van der Waals surface area contributed by atoms with Crippen molar-refractivity contribution < 1.29 is 4.79 Å². The largest absolute Gasteiger partial charge is 0.299 e. The number of rotatable bonds is 5. The SMILES string of the molecule is CC(C)CCC[C@@H](C)[C@H]1CC[C@H]2[C@@H]3C(=O)CC4CCCC[C@]4(C)[C@H]3CC[C@]12C. The number of carbonyl (C=O) groups excluding carboxylic acids is 1. The van der Waals surface area contributed by atoms with E-state index in [1.807, 2.05) is 0 Å². The van der Waals surface area contributed by atoms with Crippen LogP contribution < -0.4 is 0 Å². The highest BCUT2D eigenvalue weighted by atomic mass is 16.1. The molecular weight excluding hydrogens is 340 g/mol. The highest BCUT2D eigenvalue weighted by molar-refractivity contribution is 5.83. The zero-order chi connectivity index (χ0) is 20.1. The van der Waals surface area contributed by atoms with E-state index in [9.17, 15) is 4.79 Å². The van der Waals surface area contributed by atoms with Gasteiger partial charge in [0.2, 0.25) is 0 Å². The second-order valence-electron chi connectivity index (χ2n) is 12.4. The van der Waals surface area contributed by atoms with E-state index in [4.69, 9.17) is 0 Å². The molecule has 4 fully saturated rings. The normalized spacial score (nSPS) is 46.8. The lowest BCUT2D eigenvalue weighted by molar-refractivity contribution is -0.156. The molecule has 1 nitrogen and oxygen atoms in total. The Labute approximate surface area is 174 Å². The minimum atomic E-state index is 0.408. The zero-order valence-corrected chi connectivity index (χ0v) is 19.4. The van der Waals surface area contributed by atoms with Gasteiger partial charge < -0.3 is 0 Å². The molecule has 0 radical (unpaired) electrons. The van der Waals surface area contributed by atoms with Crippen molar-refractivity contribution in [3.63, 3.8) is 0 Å². The predicted octanol–water partition coefficient (Wildman–Crippen LogP) is 7.68. The molecular formula is C27H46O. The summed E-state index contributed by atoms with van der Waals surface area (Å²) in [6, 6.07) is 0. The van der Waals surface area contributed by atoms with Gasteiger partial charge in [-0.15, -0.1) is 0 Å². The van der Waals surface area contributed by atoms with Crippen LogP contribution in [0.1, 0.15) is 112 Å². The third kappa shape index (κ3) is 3.31. The summed E-state index contributed by atoms with van der Waals surface area (Å²) < 4.78 is 0. The van der Waals surface area contributed by atoms with Gasteiger partial charge in [-0.1, -0.05) is 66.7 Å². The van der Waals surface area contributed by atoms with Crippen LogP contribution in [-0.4, -0.2) is 5.78 Å². The third-order valence-corrected chi connectivity index (χ3v) is 10.6. The lowest BCUT2D eigenvalue weighted by atomic mass is 9.44. The summed E-state index contributed by atoms with van der Waals surface area (Å²) in [4.78, 5) is 13.4. The smallest absolute Gasteiger partial charge is 0.136 e. The second-order valence-corrected chi connectivity index (χ2v) is 12.4. The van der Waals surface area contributed by atoms with Gasteiger partial charge >= 0.3 is 0 Å². The molecule has 0 aromatic carbocycles. The fraction of sp³-hybridized carbons (Fsp3) is 0.963. The van der Waals surface area contributed by atoms with Gasteiger partial charge in [0.15, 0.2) is 0 Å². The van der Waals surface area contributed by atoms with Crippen molar-refractivity contribution in [3.05, 3.63) is 0 Å². The predicted molar refractivity (Wildman–Crippen MR) is 118 cm³/mol. The Bertz CT molecular complexity index is 579. The molecule has 0 aromatic rings. The third-order valence-electron chi connectivity index (χ3n) is 10.6. The molecule has 0 aromatic heterocycles. The van der Waals surface area contributed by atoms with E-state index in [1.54, 1.807) is 0 Å². The summed E-state index contributed by atoms with van der Waals surface area (Å²) >= 11 is 0. The van der Waals surface area contributed by atoms with Crippen LogP contribution in [0.5, 0.6) is 0 Å². The summed E-state index contributed by atoms with van der Waals surface area (Å²) in [6.45, 7) is 12.4. The molecule has 4 aliphatic carbocycles. The fourth-order valence-corrected chi connectivity index (χ4v) is 8.99. The zero-order valence-electron chi connectivity index (χ0n) is 19.4. The van der Waals surface area contributed by atoms with Crippen LogP contribution in [-0.2, 0) is 4.79 Å². The average molecular weight is 387 g/mol. The minimum Gasteiger partial charge on any atom is -0.299 e. The van der Waals surface area contributed by atoms with E-state index in [0.717, 1.165) is 24.2 Å². The van der Waals surface area contributed by atoms with Gasteiger partial charge in [-0.2, -0.15) is 0 Å². The molecule has 0 spiro atoms. The van der Waals surface area contributed by atoms with Crippen LogP contribution in [0.4, 0.5) is 0 Å². The van der Waals surface area contributed by atoms with E-state index in [0.29, 0.717) is 40.3 Å². The topological polar surface area (TPSA) is 17.1 Å². The molecule has 0 amide bonds. The van der Waals surface area contributed by atoms with Crippen molar-refractivity contribution in [2.45, 2.75) is 112 Å². The van der Waals surface area contributed by atoms with E-state index < -0.39 is 0 Å². The standard InChI is InChI=1S/C27H46O/c1-18(2)9-8-10-19(3)21-12-13-22-25-23(14-16-27(21,22)5)26(4)15-7-6-11-20(26)17-24(25)28/h18-23,25H,6-17H2,1-5H3/t19-,20?,21-,22+,23+,25+,26+,27-/m1/s1. The Morgan fingerprint density at radius 3 is 2.39 bits per heavy atom. The Morgan fingerprint density at radius 2 is 1.64 bits per heavy atom. The second kappa shape index (κ2) is 7.73. The Hall–Kier alpha value is -0.330. The monoisotopic (exact) mass is 386 g/mol. The van der Waals surface area contributed by atoms with E-state index >= 15 is 0 Å². The summed E-state index contributed by atoms with van der Waals surface area (Å²) in [7, 11) is 0. The molecule has 0 N–H and O–H groups in total. The van der Waals surface area contributed by atoms with E-state index in [1.165, 1.54) is 70.6 Å². The summed E-state index contributed by atoms with van der Waals surface area (Å²) in [5.41, 5.74) is 0.908. The molecule has 0 heterocycles. The van der Waals surface area contributed by atoms with Crippen LogP contribution in [0.25, 0.3) is 0 Å². The van der Waals surface area contributed by atoms with Crippen molar-refractivity contribution in [3.8, 4) is 0 Å². The van der Waals surface area contributed by atoms with Crippen LogP contribution in [0.3, 0.4) is 0 Å². The fourth-order valence-electron chi connectivity index (χ4n) is 8.99. The van der Waals surface area contributed by atoms with Gasteiger partial charge in [-0.25, -0.2) is 0 Å². The minimum absolute atomic E-state index is 0.408. The molecule has 160 valence electrons. The van der Waals surface area contributed by atoms with Crippen LogP contribution in [0.15, 0.2) is 0 Å². The number of hydrogen-bond donors (Lipinski definition) is 0. The molecule has 0 bridgehead atoms. The van der Waals surface area contributed by atoms with E-state index in [2.05, 4.69) is 34.6 Å². The Balaban J connectivity index is 1.51. The highest BCUT2D eigenvalue weighted by Crippen LogP contribution is 2.67. The van der Waals surface area contributed by atoms with Crippen LogP contribution in [0, 0.1) is 52.3 Å². The molecule has 0 aliphatic heterocycles. The number of Topliss-reactive ketones (excluding diaryl/α,β-unsaturated/α-hetero) is 1. The van der Waals surface area contributed by atoms with Gasteiger partial charge in [0, 0.05) is 12.3 Å². The van der Waals surface area contributed by atoms with Crippen molar-refractivity contribution in [1.82, 2.24) is 0 Å². The van der Waals surface area contributed by atoms with Gasteiger partial charge in [0.1, 0.15) is 5.78 Å². The molecule has 1 heteroatoms.